The van der Waals surface area contributed by atoms with E-state index in [1.165, 1.54) is 11.3 Å². The van der Waals surface area contributed by atoms with Gasteiger partial charge in [0.1, 0.15) is 12.0 Å². The Balaban J connectivity index is 0.000000531. The van der Waals surface area contributed by atoms with E-state index in [2.05, 4.69) is 62.9 Å². The first-order valence-corrected chi connectivity index (χ1v) is 10.1. The fourth-order valence-electron chi connectivity index (χ4n) is 4.00. The number of hydrogen-bond donors (Lipinski definition) is 0. The summed E-state index contributed by atoms with van der Waals surface area (Å²) in [5, 5.41) is 0. The Bertz CT molecular complexity index is 908. The van der Waals surface area contributed by atoms with Crippen LogP contribution < -0.4 is 9.80 Å². The number of aromatic nitrogens is 3. The maximum absolute atomic E-state index is 4.64. The highest BCUT2D eigenvalue weighted by atomic mass is 15.5. The highest BCUT2D eigenvalue weighted by Crippen LogP contribution is 2.56. The van der Waals surface area contributed by atoms with Crippen molar-refractivity contribution in [2.24, 2.45) is 0 Å². The van der Waals surface area contributed by atoms with Crippen LogP contribution in [0.15, 0.2) is 61.1 Å². The average Bonchev–Trinajstić information content (AvgIpc) is 3.23. The van der Waals surface area contributed by atoms with E-state index in [-0.39, 0.29) is 11.6 Å². The average molecular weight is 376 g/mol. The predicted molar refractivity (Wildman–Crippen MR) is 116 cm³/mol. The second-order valence-corrected chi connectivity index (χ2v) is 6.74. The van der Waals surface area contributed by atoms with Crippen molar-refractivity contribution in [1.29, 1.82) is 0 Å². The first kappa shape index (κ1) is 19.8. The summed E-state index contributed by atoms with van der Waals surface area (Å²) in [7, 11) is 0. The van der Waals surface area contributed by atoms with E-state index < -0.39 is 0 Å². The van der Waals surface area contributed by atoms with Gasteiger partial charge in [-0.25, -0.2) is 15.0 Å². The van der Waals surface area contributed by atoms with Gasteiger partial charge in [0.2, 0.25) is 0 Å². The van der Waals surface area contributed by atoms with Gasteiger partial charge in [-0.3, -0.25) is 4.90 Å². The highest BCUT2D eigenvalue weighted by Gasteiger charge is 2.54. The van der Waals surface area contributed by atoms with Gasteiger partial charge in [-0.05, 0) is 23.8 Å². The summed E-state index contributed by atoms with van der Waals surface area (Å²) in [6.45, 7) is 12.6. The summed E-state index contributed by atoms with van der Waals surface area (Å²) in [5.41, 5.74) is 2.44. The zero-order chi connectivity index (χ0) is 20.3. The van der Waals surface area contributed by atoms with Crippen LogP contribution >= 0.6 is 0 Å². The van der Waals surface area contributed by atoms with Crippen LogP contribution in [0.25, 0.3) is 0 Å². The molecule has 28 heavy (non-hydrogen) atoms. The number of fused-ring (bicyclic) bond motifs is 5. The largest absolute Gasteiger partial charge is 0.301 e. The zero-order valence-corrected chi connectivity index (χ0v) is 17.6. The van der Waals surface area contributed by atoms with Crippen LogP contribution in [0, 0.1) is 0 Å². The van der Waals surface area contributed by atoms with Crippen LogP contribution in [-0.4, -0.2) is 21.1 Å². The van der Waals surface area contributed by atoms with Gasteiger partial charge in [-0.15, -0.1) is 0 Å². The van der Waals surface area contributed by atoms with Crippen molar-refractivity contribution in [1.82, 2.24) is 15.0 Å². The van der Waals surface area contributed by atoms with Crippen molar-refractivity contribution in [3.63, 3.8) is 0 Å². The molecule has 5 heteroatoms. The van der Waals surface area contributed by atoms with Crippen LogP contribution in [0.3, 0.4) is 0 Å². The van der Waals surface area contributed by atoms with Gasteiger partial charge >= 0.3 is 0 Å². The Labute approximate surface area is 168 Å². The van der Waals surface area contributed by atoms with Crippen LogP contribution in [0.4, 0.5) is 23.1 Å². The Morgan fingerprint density at radius 1 is 0.714 bits per heavy atom. The van der Waals surface area contributed by atoms with Gasteiger partial charge < -0.3 is 4.90 Å². The van der Waals surface area contributed by atoms with Crippen LogP contribution in [-0.2, 0) is 5.41 Å². The molecule has 1 atom stereocenters. The molecule has 0 N–H and O–H groups in total. The third-order valence-corrected chi connectivity index (χ3v) is 5.01. The molecule has 2 aromatic heterocycles. The first-order chi connectivity index (χ1) is 13.7. The standard InChI is InChI=1S/C19H17N5.2C2H6/c1-19(2)13-7-3-4-8-14(13)23-16-17(22-12-11-21-16)24(18(19)23)15-9-5-6-10-20-15;2*1-2/h3-12,18H,1-2H3;2*1-2H3. The predicted octanol–water partition coefficient (Wildman–Crippen LogP) is 5.83. The first-order valence-electron chi connectivity index (χ1n) is 10.1. The Hall–Kier alpha value is -2.95. The Morgan fingerprint density at radius 2 is 1.32 bits per heavy atom. The topological polar surface area (TPSA) is 45.2 Å². The molecule has 0 radical (unpaired) electrons. The molecule has 0 saturated carbocycles. The van der Waals surface area contributed by atoms with E-state index in [0.29, 0.717) is 0 Å². The third-order valence-electron chi connectivity index (χ3n) is 5.01. The molecule has 0 saturated heterocycles. The van der Waals surface area contributed by atoms with Crippen LogP contribution in [0.5, 0.6) is 0 Å². The molecule has 2 aliphatic rings. The van der Waals surface area contributed by atoms with Gasteiger partial charge in [0.15, 0.2) is 11.6 Å². The molecule has 2 aliphatic heterocycles. The second kappa shape index (κ2) is 7.97. The number of anilines is 4. The van der Waals surface area contributed by atoms with Gasteiger partial charge in [0.05, 0.1) is 0 Å². The molecule has 1 unspecified atom stereocenters. The minimum absolute atomic E-state index is 0.0715. The van der Waals surface area contributed by atoms with E-state index in [0.717, 1.165) is 17.5 Å². The molecular formula is C23H29N5. The lowest BCUT2D eigenvalue weighted by molar-refractivity contribution is 0.448. The molecule has 5 rings (SSSR count). The minimum atomic E-state index is -0.0868. The maximum atomic E-state index is 4.64. The molecule has 0 amide bonds. The number of nitrogens with zero attached hydrogens (tertiary/aromatic N) is 5. The number of rotatable bonds is 1. The fraction of sp³-hybridized carbons (Fsp3) is 0.348. The van der Waals surface area contributed by atoms with E-state index in [9.17, 15) is 0 Å². The van der Waals surface area contributed by atoms with Crippen molar-refractivity contribution in [2.75, 3.05) is 9.80 Å². The van der Waals surface area contributed by atoms with E-state index >= 15 is 0 Å². The fourth-order valence-corrected chi connectivity index (χ4v) is 4.00. The minimum Gasteiger partial charge on any atom is -0.301 e. The number of hydrogen-bond acceptors (Lipinski definition) is 5. The summed E-state index contributed by atoms with van der Waals surface area (Å²) < 4.78 is 0. The van der Waals surface area contributed by atoms with Gasteiger partial charge in [0, 0.05) is 29.7 Å². The van der Waals surface area contributed by atoms with Gasteiger partial charge in [-0.1, -0.05) is 65.8 Å². The molecule has 3 aromatic rings. The molecule has 0 fully saturated rings. The summed E-state index contributed by atoms with van der Waals surface area (Å²) in [6, 6.07) is 14.5. The van der Waals surface area contributed by atoms with Gasteiger partial charge in [-0.2, -0.15) is 0 Å². The third kappa shape index (κ3) is 2.82. The molecule has 0 aliphatic carbocycles. The number of benzene rings is 1. The normalized spacial score (nSPS) is 17.4. The molecule has 0 spiro atoms. The van der Waals surface area contributed by atoms with E-state index in [1.807, 2.05) is 52.1 Å². The lowest BCUT2D eigenvalue weighted by atomic mass is 9.83. The lowest BCUT2D eigenvalue weighted by Crippen LogP contribution is -2.46. The molecule has 4 heterocycles. The van der Waals surface area contributed by atoms with Crippen molar-refractivity contribution in [2.45, 2.75) is 53.1 Å². The maximum Gasteiger partial charge on any atom is 0.179 e. The monoisotopic (exact) mass is 375 g/mol. The van der Waals surface area contributed by atoms with E-state index in [1.54, 1.807) is 12.4 Å². The van der Waals surface area contributed by atoms with Gasteiger partial charge in [0.25, 0.3) is 0 Å². The lowest BCUT2D eigenvalue weighted by Gasteiger charge is -2.35. The summed E-state index contributed by atoms with van der Waals surface area (Å²) in [4.78, 5) is 18.3. The number of pyridine rings is 1. The zero-order valence-electron chi connectivity index (χ0n) is 17.6. The van der Waals surface area contributed by atoms with Crippen molar-refractivity contribution in [3.8, 4) is 0 Å². The summed E-state index contributed by atoms with van der Waals surface area (Å²) >= 11 is 0. The van der Waals surface area contributed by atoms with Crippen LogP contribution in [0.2, 0.25) is 0 Å². The summed E-state index contributed by atoms with van der Waals surface area (Å²) in [6.07, 6.45) is 5.40. The highest BCUT2D eigenvalue weighted by molar-refractivity contribution is 5.87. The summed E-state index contributed by atoms with van der Waals surface area (Å²) in [5.74, 6) is 2.66. The Kier molecular flexibility index (Phi) is 5.63. The SMILES string of the molecule is CC.CC.CC1(C)c2ccccc2N2c3nccnc3N(c3ccccn3)C21. The molecule has 0 bridgehead atoms. The van der Waals surface area contributed by atoms with Crippen molar-refractivity contribution in [3.05, 3.63) is 66.6 Å². The van der Waals surface area contributed by atoms with Crippen LogP contribution in [0.1, 0.15) is 47.1 Å². The number of para-hydroxylation sites is 1. The second-order valence-electron chi connectivity index (χ2n) is 6.74. The van der Waals surface area contributed by atoms with Crippen molar-refractivity contribution >= 4 is 23.1 Å². The molecular weight excluding hydrogens is 346 g/mol. The van der Waals surface area contributed by atoms with Crippen molar-refractivity contribution < 1.29 is 0 Å². The smallest absolute Gasteiger partial charge is 0.179 e. The Morgan fingerprint density at radius 3 is 1.96 bits per heavy atom. The molecule has 1 aromatic carbocycles. The van der Waals surface area contributed by atoms with E-state index in [4.69, 9.17) is 0 Å². The quantitative estimate of drug-likeness (QED) is 0.535. The molecule has 146 valence electrons. The molecule has 5 nitrogen and oxygen atoms in total.